The zero-order chi connectivity index (χ0) is 13.7. The molecule has 0 heterocycles. The van der Waals surface area contributed by atoms with E-state index in [1.807, 2.05) is 24.8 Å². The Labute approximate surface area is 114 Å². The van der Waals surface area contributed by atoms with E-state index in [4.69, 9.17) is 5.73 Å². The molecule has 0 fully saturated rings. The Kier molecular flexibility index (Phi) is 5.96. The van der Waals surface area contributed by atoms with E-state index in [1.54, 1.807) is 6.07 Å². The van der Waals surface area contributed by atoms with Gasteiger partial charge in [0.05, 0.1) is 0 Å². The second-order valence-electron chi connectivity index (χ2n) is 4.62. The number of anilines is 1. The lowest BCUT2D eigenvalue weighted by molar-refractivity contribution is 0.618. The van der Waals surface area contributed by atoms with Gasteiger partial charge in [-0.05, 0) is 43.4 Å². The number of hydrogen-bond donors (Lipinski definition) is 1. The van der Waals surface area contributed by atoms with Crippen LogP contribution in [0, 0.1) is 5.82 Å². The molecule has 2 N–H and O–H groups in total. The highest BCUT2D eigenvalue weighted by atomic mass is 32.2. The first-order chi connectivity index (χ1) is 8.51. The van der Waals surface area contributed by atoms with Crippen molar-refractivity contribution in [3.8, 4) is 0 Å². The normalized spacial score (nSPS) is 14.3. The predicted molar refractivity (Wildman–Crippen MR) is 79.9 cm³/mol. The van der Waals surface area contributed by atoms with E-state index in [2.05, 4.69) is 25.1 Å². The van der Waals surface area contributed by atoms with Crippen LogP contribution in [-0.2, 0) is 0 Å². The van der Waals surface area contributed by atoms with Gasteiger partial charge in [0, 0.05) is 30.6 Å². The molecule has 0 radical (unpaired) electrons. The van der Waals surface area contributed by atoms with E-state index in [0.29, 0.717) is 6.04 Å². The summed E-state index contributed by atoms with van der Waals surface area (Å²) in [5.41, 5.74) is 7.85. The van der Waals surface area contributed by atoms with E-state index in [-0.39, 0.29) is 11.9 Å². The maximum absolute atomic E-state index is 13.3. The monoisotopic (exact) mass is 270 g/mol. The van der Waals surface area contributed by atoms with E-state index < -0.39 is 0 Å². The first kappa shape index (κ1) is 15.3. The van der Waals surface area contributed by atoms with Crippen molar-refractivity contribution in [2.24, 2.45) is 5.73 Å². The Morgan fingerprint density at radius 1 is 1.44 bits per heavy atom. The average Bonchev–Trinajstić information content (AvgIpc) is 2.35. The molecule has 1 aromatic carbocycles. The molecule has 0 aromatic heterocycles. The second kappa shape index (κ2) is 7.00. The third-order valence-electron chi connectivity index (χ3n) is 3.24. The molecule has 0 spiro atoms. The molecular weight excluding hydrogens is 247 g/mol. The van der Waals surface area contributed by atoms with Gasteiger partial charge in [-0.25, -0.2) is 4.39 Å². The number of thioether (sulfide) groups is 1. The predicted octanol–water partition coefficient (Wildman–Crippen LogP) is 3.42. The van der Waals surface area contributed by atoms with Gasteiger partial charge in [-0.1, -0.05) is 6.92 Å². The smallest absolute Gasteiger partial charge is 0.123 e. The molecule has 1 rings (SSSR count). The summed E-state index contributed by atoms with van der Waals surface area (Å²) in [5.74, 6) is 0.834. The molecule has 0 bridgehead atoms. The van der Waals surface area contributed by atoms with Gasteiger partial charge in [0.1, 0.15) is 5.82 Å². The van der Waals surface area contributed by atoms with Gasteiger partial charge < -0.3 is 10.6 Å². The lowest BCUT2D eigenvalue weighted by Gasteiger charge is -2.31. The van der Waals surface area contributed by atoms with E-state index in [1.165, 1.54) is 6.07 Å². The van der Waals surface area contributed by atoms with Crippen molar-refractivity contribution in [1.82, 2.24) is 0 Å². The summed E-state index contributed by atoms with van der Waals surface area (Å²) in [7, 11) is 2.06. The summed E-state index contributed by atoms with van der Waals surface area (Å²) in [6.07, 6.45) is 3.17. The zero-order valence-electron chi connectivity index (χ0n) is 11.6. The Morgan fingerprint density at radius 3 is 2.61 bits per heavy atom. The van der Waals surface area contributed by atoms with E-state index in [0.717, 1.165) is 23.4 Å². The fourth-order valence-electron chi connectivity index (χ4n) is 2.10. The van der Waals surface area contributed by atoms with Crippen molar-refractivity contribution in [2.45, 2.75) is 32.4 Å². The van der Waals surface area contributed by atoms with Crippen molar-refractivity contribution in [2.75, 3.05) is 24.0 Å². The standard InChI is InChI=1S/C14H23FN2S/c1-5-12(9-18-4)17(3)14-7-6-11(15)8-13(14)10(2)16/h6-8,10,12H,5,9,16H2,1-4H3. The molecule has 0 saturated carbocycles. The minimum absolute atomic E-state index is 0.162. The maximum atomic E-state index is 13.3. The zero-order valence-corrected chi connectivity index (χ0v) is 12.4. The molecule has 1 aromatic rings. The van der Waals surface area contributed by atoms with Crippen LogP contribution in [0.3, 0.4) is 0 Å². The van der Waals surface area contributed by atoms with Crippen LogP contribution in [0.15, 0.2) is 18.2 Å². The quantitative estimate of drug-likeness (QED) is 0.859. The number of nitrogens with two attached hydrogens (primary N) is 1. The van der Waals surface area contributed by atoms with Crippen LogP contribution in [-0.4, -0.2) is 25.1 Å². The molecule has 4 heteroatoms. The van der Waals surface area contributed by atoms with Crippen LogP contribution in [0.4, 0.5) is 10.1 Å². The van der Waals surface area contributed by atoms with Crippen LogP contribution in [0.1, 0.15) is 31.9 Å². The molecule has 0 aliphatic rings. The van der Waals surface area contributed by atoms with Gasteiger partial charge in [-0.3, -0.25) is 0 Å². The summed E-state index contributed by atoms with van der Waals surface area (Å²) in [5, 5.41) is 0. The minimum atomic E-state index is -0.225. The summed E-state index contributed by atoms with van der Waals surface area (Å²) in [6, 6.07) is 5.16. The number of benzene rings is 1. The molecule has 18 heavy (non-hydrogen) atoms. The molecule has 2 unspecified atom stereocenters. The van der Waals surface area contributed by atoms with Crippen molar-refractivity contribution in [1.29, 1.82) is 0 Å². The third-order valence-corrected chi connectivity index (χ3v) is 3.96. The highest BCUT2D eigenvalue weighted by molar-refractivity contribution is 7.98. The Morgan fingerprint density at radius 2 is 2.11 bits per heavy atom. The second-order valence-corrected chi connectivity index (χ2v) is 5.53. The summed E-state index contributed by atoms with van der Waals surface area (Å²) in [6.45, 7) is 4.06. The van der Waals surface area contributed by atoms with Crippen LogP contribution in [0.2, 0.25) is 0 Å². The lowest BCUT2D eigenvalue weighted by atomic mass is 10.0. The van der Waals surface area contributed by atoms with E-state index >= 15 is 0 Å². The third kappa shape index (κ3) is 3.62. The van der Waals surface area contributed by atoms with Gasteiger partial charge in [-0.2, -0.15) is 11.8 Å². The average molecular weight is 270 g/mol. The molecule has 0 aliphatic heterocycles. The minimum Gasteiger partial charge on any atom is -0.371 e. The number of halogens is 1. The molecule has 102 valence electrons. The molecular formula is C14H23FN2S. The van der Waals surface area contributed by atoms with Crippen molar-refractivity contribution < 1.29 is 4.39 Å². The first-order valence-corrected chi connectivity index (χ1v) is 7.67. The highest BCUT2D eigenvalue weighted by Crippen LogP contribution is 2.28. The Balaban J connectivity index is 3.07. The van der Waals surface area contributed by atoms with Crippen LogP contribution in [0.5, 0.6) is 0 Å². The lowest BCUT2D eigenvalue weighted by Crippen LogP contribution is -2.34. The van der Waals surface area contributed by atoms with Gasteiger partial charge in [0.25, 0.3) is 0 Å². The molecule has 0 saturated heterocycles. The molecule has 2 atom stereocenters. The topological polar surface area (TPSA) is 29.3 Å². The largest absolute Gasteiger partial charge is 0.371 e. The fraction of sp³-hybridized carbons (Fsp3) is 0.571. The Hall–Kier alpha value is -0.740. The number of rotatable bonds is 6. The summed E-state index contributed by atoms with van der Waals surface area (Å²) < 4.78 is 13.3. The highest BCUT2D eigenvalue weighted by Gasteiger charge is 2.17. The molecule has 0 aliphatic carbocycles. The maximum Gasteiger partial charge on any atom is 0.123 e. The number of hydrogen-bond acceptors (Lipinski definition) is 3. The van der Waals surface area contributed by atoms with Crippen LogP contribution in [0.25, 0.3) is 0 Å². The van der Waals surface area contributed by atoms with Gasteiger partial charge in [0.2, 0.25) is 0 Å². The van der Waals surface area contributed by atoms with Crippen LogP contribution >= 0.6 is 11.8 Å². The molecule has 0 amide bonds. The van der Waals surface area contributed by atoms with E-state index in [9.17, 15) is 4.39 Å². The molecule has 2 nitrogen and oxygen atoms in total. The summed E-state index contributed by atoms with van der Waals surface area (Å²) >= 11 is 1.83. The van der Waals surface area contributed by atoms with Gasteiger partial charge in [-0.15, -0.1) is 0 Å². The van der Waals surface area contributed by atoms with Crippen molar-refractivity contribution in [3.63, 3.8) is 0 Å². The first-order valence-electron chi connectivity index (χ1n) is 6.28. The summed E-state index contributed by atoms with van der Waals surface area (Å²) in [4.78, 5) is 2.22. The fourth-order valence-corrected chi connectivity index (χ4v) is 2.95. The Bertz CT molecular complexity index is 382. The van der Waals surface area contributed by atoms with Crippen molar-refractivity contribution >= 4 is 17.4 Å². The van der Waals surface area contributed by atoms with Crippen LogP contribution < -0.4 is 10.6 Å². The SMILES string of the molecule is CCC(CSC)N(C)c1ccc(F)cc1C(C)N. The van der Waals surface area contributed by atoms with Gasteiger partial charge in [0.15, 0.2) is 0 Å². The van der Waals surface area contributed by atoms with Gasteiger partial charge >= 0.3 is 0 Å². The number of nitrogens with zero attached hydrogens (tertiary/aromatic N) is 1. The van der Waals surface area contributed by atoms with Crippen molar-refractivity contribution in [3.05, 3.63) is 29.6 Å².